The monoisotopic (exact) mass is 351 g/mol. The maximum absolute atomic E-state index is 6.12. The molecule has 0 bridgehead atoms. The summed E-state index contributed by atoms with van der Waals surface area (Å²) in [5, 5.41) is 17.3. The number of piperidine rings is 1. The number of nitrogens with zero attached hydrogens (tertiary/aromatic N) is 4. The standard InChI is InChI=1S/C20H23N5O.H2/c1-20(7-8-20)26-15-5-6-17-16(12-15)19(24-22-17)14-11-18(23-21-13-14)25-9-3-2-4-10-25;/h5-6,11-13H,2-4,7-10H2,1H3,(H,22,24);1H. The zero-order valence-electron chi connectivity index (χ0n) is 15.0. The number of fused-ring (bicyclic) bond motifs is 1. The largest absolute Gasteiger partial charge is 0.488 e. The van der Waals surface area contributed by atoms with E-state index >= 15 is 0 Å². The van der Waals surface area contributed by atoms with E-state index in [0.717, 1.165) is 59.7 Å². The van der Waals surface area contributed by atoms with Gasteiger partial charge in [0.2, 0.25) is 0 Å². The number of hydrogen-bond acceptors (Lipinski definition) is 5. The maximum atomic E-state index is 6.12. The van der Waals surface area contributed by atoms with Crippen molar-refractivity contribution in [1.82, 2.24) is 20.4 Å². The molecule has 2 aromatic heterocycles. The van der Waals surface area contributed by atoms with E-state index in [9.17, 15) is 0 Å². The van der Waals surface area contributed by atoms with E-state index in [0.29, 0.717) is 0 Å². The Bertz CT molecular complexity index is 946. The first kappa shape index (κ1) is 15.6. The van der Waals surface area contributed by atoms with E-state index in [-0.39, 0.29) is 7.03 Å². The Morgan fingerprint density at radius 3 is 2.81 bits per heavy atom. The summed E-state index contributed by atoms with van der Waals surface area (Å²) in [5.41, 5.74) is 2.91. The first-order valence-electron chi connectivity index (χ1n) is 9.45. The van der Waals surface area contributed by atoms with E-state index in [1.54, 1.807) is 6.20 Å². The molecule has 1 aliphatic carbocycles. The molecule has 1 aliphatic heterocycles. The van der Waals surface area contributed by atoms with Gasteiger partial charge in [0.15, 0.2) is 5.82 Å². The van der Waals surface area contributed by atoms with Crippen LogP contribution in [-0.4, -0.2) is 39.1 Å². The lowest BCUT2D eigenvalue weighted by Gasteiger charge is -2.27. The van der Waals surface area contributed by atoms with Crippen LogP contribution in [0, 0.1) is 0 Å². The van der Waals surface area contributed by atoms with Crippen molar-refractivity contribution in [3.05, 3.63) is 30.5 Å². The summed E-state index contributed by atoms with van der Waals surface area (Å²) >= 11 is 0. The molecule has 3 aromatic rings. The highest BCUT2D eigenvalue weighted by Crippen LogP contribution is 2.40. The highest BCUT2D eigenvalue weighted by Gasteiger charge is 2.40. The fourth-order valence-corrected chi connectivity index (χ4v) is 3.60. The van der Waals surface area contributed by atoms with Crippen molar-refractivity contribution in [3.63, 3.8) is 0 Å². The van der Waals surface area contributed by atoms with E-state index in [2.05, 4.69) is 44.4 Å². The third-order valence-corrected chi connectivity index (χ3v) is 5.45. The van der Waals surface area contributed by atoms with Crippen LogP contribution in [0.25, 0.3) is 22.2 Å². The number of ether oxygens (including phenoxy) is 1. The molecule has 2 aliphatic rings. The second-order valence-electron chi connectivity index (χ2n) is 7.68. The van der Waals surface area contributed by atoms with Gasteiger partial charge in [-0.3, -0.25) is 5.10 Å². The number of aromatic nitrogens is 4. The summed E-state index contributed by atoms with van der Waals surface area (Å²) in [6, 6.07) is 8.23. The number of H-pyrrole nitrogens is 1. The Balaban J connectivity index is 0.00000180. The van der Waals surface area contributed by atoms with Crippen LogP contribution < -0.4 is 9.64 Å². The minimum absolute atomic E-state index is 0. The van der Waals surface area contributed by atoms with Gasteiger partial charge in [0.05, 0.1) is 11.7 Å². The predicted molar refractivity (Wildman–Crippen MR) is 104 cm³/mol. The molecular formula is C20H25N5O. The molecule has 2 fully saturated rings. The van der Waals surface area contributed by atoms with Crippen molar-refractivity contribution in [3.8, 4) is 17.0 Å². The van der Waals surface area contributed by atoms with Crippen molar-refractivity contribution in [1.29, 1.82) is 0 Å². The summed E-state index contributed by atoms with van der Waals surface area (Å²) in [4.78, 5) is 2.32. The number of nitrogens with one attached hydrogen (secondary N) is 1. The minimum Gasteiger partial charge on any atom is -0.488 e. The third-order valence-electron chi connectivity index (χ3n) is 5.45. The Hall–Kier alpha value is -2.63. The van der Waals surface area contributed by atoms with Gasteiger partial charge in [-0.2, -0.15) is 10.2 Å². The average molecular weight is 351 g/mol. The van der Waals surface area contributed by atoms with Crippen molar-refractivity contribution in [2.45, 2.75) is 44.6 Å². The molecule has 0 amide bonds. The van der Waals surface area contributed by atoms with Crippen molar-refractivity contribution in [2.75, 3.05) is 18.0 Å². The van der Waals surface area contributed by atoms with Crippen molar-refractivity contribution >= 4 is 16.7 Å². The Kier molecular flexibility index (Phi) is 3.58. The normalized spacial score (nSPS) is 18.9. The molecule has 5 rings (SSSR count). The number of hydrogen-bond donors (Lipinski definition) is 1. The fraction of sp³-hybridized carbons (Fsp3) is 0.450. The third kappa shape index (κ3) is 2.89. The first-order chi connectivity index (χ1) is 12.7. The summed E-state index contributed by atoms with van der Waals surface area (Å²) < 4.78 is 6.12. The van der Waals surface area contributed by atoms with E-state index in [4.69, 9.17) is 4.74 Å². The number of aromatic amines is 1. The predicted octanol–water partition coefficient (Wildman–Crippen LogP) is 4.19. The van der Waals surface area contributed by atoms with Gasteiger partial charge in [0, 0.05) is 25.5 Å². The van der Waals surface area contributed by atoms with Gasteiger partial charge in [-0.1, -0.05) is 0 Å². The van der Waals surface area contributed by atoms with Crippen LogP contribution >= 0.6 is 0 Å². The molecule has 1 saturated heterocycles. The van der Waals surface area contributed by atoms with Gasteiger partial charge in [-0.25, -0.2) is 0 Å². The second kappa shape index (κ2) is 5.97. The SMILES string of the molecule is CC1(Oc2ccc3[nH]nc(-c4cnnc(N5CCCCC5)c4)c3c2)CC1.[HH]. The van der Waals surface area contributed by atoms with Gasteiger partial charge in [-0.05, 0) is 63.3 Å². The lowest BCUT2D eigenvalue weighted by Crippen LogP contribution is -2.30. The number of rotatable bonds is 4. The number of benzene rings is 1. The van der Waals surface area contributed by atoms with E-state index < -0.39 is 0 Å². The highest BCUT2D eigenvalue weighted by atomic mass is 16.5. The molecule has 26 heavy (non-hydrogen) atoms. The van der Waals surface area contributed by atoms with Crippen LogP contribution in [0.5, 0.6) is 5.75 Å². The van der Waals surface area contributed by atoms with Crippen LogP contribution in [0.4, 0.5) is 5.82 Å². The molecule has 0 atom stereocenters. The zero-order valence-corrected chi connectivity index (χ0v) is 15.0. The maximum Gasteiger partial charge on any atom is 0.151 e. The molecule has 3 heterocycles. The van der Waals surface area contributed by atoms with Gasteiger partial charge in [-0.15, -0.1) is 5.10 Å². The fourth-order valence-electron chi connectivity index (χ4n) is 3.60. The van der Waals surface area contributed by atoms with E-state index in [1.807, 2.05) is 12.1 Å². The van der Waals surface area contributed by atoms with Gasteiger partial charge >= 0.3 is 0 Å². The molecule has 1 N–H and O–H groups in total. The van der Waals surface area contributed by atoms with Gasteiger partial charge in [0.1, 0.15) is 17.0 Å². The highest BCUT2D eigenvalue weighted by molar-refractivity contribution is 5.93. The Labute approximate surface area is 154 Å². The van der Waals surface area contributed by atoms with Crippen LogP contribution in [-0.2, 0) is 0 Å². The van der Waals surface area contributed by atoms with E-state index in [1.165, 1.54) is 19.3 Å². The van der Waals surface area contributed by atoms with Crippen molar-refractivity contribution in [2.24, 2.45) is 0 Å². The van der Waals surface area contributed by atoms with Gasteiger partial charge < -0.3 is 9.64 Å². The van der Waals surface area contributed by atoms with Crippen LogP contribution in [0.3, 0.4) is 0 Å². The summed E-state index contributed by atoms with van der Waals surface area (Å²) in [5.74, 6) is 1.84. The smallest absolute Gasteiger partial charge is 0.151 e. The topological polar surface area (TPSA) is 66.9 Å². The van der Waals surface area contributed by atoms with Gasteiger partial charge in [0.25, 0.3) is 0 Å². The Morgan fingerprint density at radius 2 is 2.00 bits per heavy atom. The summed E-state index contributed by atoms with van der Waals surface area (Å²) in [6.07, 6.45) is 7.77. The summed E-state index contributed by atoms with van der Waals surface area (Å²) in [7, 11) is 0. The van der Waals surface area contributed by atoms with Crippen molar-refractivity contribution < 1.29 is 6.16 Å². The molecule has 0 radical (unpaired) electrons. The molecule has 0 spiro atoms. The molecule has 136 valence electrons. The molecule has 6 heteroatoms. The average Bonchev–Trinajstić information content (AvgIpc) is 3.25. The first-order valence-corrected chi connectivity index (χ1v) is 9.45. The Morgan fingerprint density at radius 1 is 1.15 bits per heavy atom. The quantitative estimate of drug-likeness (QED) is 0.763. The summed E-state index contributed by atoms with van der Waals surface area (Å²) in [6.45, 7) is 4.26. The molecular weight excluding hydrogens is 326 g/mol. The molecule has 6 nitrogen and oxygen atoms in total. The molecule has 1 saturated carbocycles. The van der Waals surface area contributed by atoms with Crippen LogP contribution in [0.2, 0.25) is 0 Å². The van der Waals surface area contributed by atoms with Crippen LogP contribution in [0.1, 0.15) is 40.5 Å². The lowest BCUT2D eigenvalue weighted by atomic mass is 10.1. The number of anilines is 1. The second-order valence-corrected chi connectivity index (χ2v) is 7.68. The van der Waals surface area contributed by atoms with Crippen LogP contribution in [0.15, 0.2) is 30.5 Å². The molecule has 0 unspecified atom stereocenters. The minimum atomic E-state index is 0. The molecule has 1 aromatic carbocycles. The lowest BCUT2D eigenvalue weighted by molar-refractivity contribution is 0.200. The zero-order chi connectivity index (χ0) is 17.6.